The third-order valence-electron chi connectivity index (χ3n) is 6.06. The molecule has 0 saturated heterocycles. The molecule has 0 fully saturated rings. The summed E-state index contributed by atoms with van der Waals surface area (Å²) in [6, 6.07) is 10.8. The van der Waals surface area contributed by atoms with Gasteiger partial charge in [-0.05, 0) is 50.5 Å². The van der Waals surface area contributed by atoms with Gasteiger partial charge < -0.3 is 31.0 Å². The van der Waals surface area contributed by atoms with Crippen LogP contribution >= 0.6 is 0 Å². The number of anilines is 2. The van der Waals surface area contributed by atoms with Crippen LogP contribution in [0, 0.1) is 0 Å². The molecule has 7 N–H and O–H groups in total. The number of nitrogens with zero attached hydrogens (tertiary/aromatic N) is 2. The number of hydrogen-bond donors (Lipinski definition) is 5. The number of benzene rings is 2. The first-order chi connectivity index (χ1) is 16.2. The van der Waals surface area contributed by atoms with Crippen LogP contribution in [0.15, 0.2) is 48.8 Å². The molecule has 174 valence electrons. The van der Waals surface area contributed by atoms with Gasteiger partial charge in [-0.15, -0.1) is 0 Å². The second-order valence-electron chi connectivity index (χ2n) is 8.93. The van der Waals surface area contributed by atoms with Crippen molar-refractivity contribution in [1.82, 2.24) is 19.8 Å². The molecular weight excluding hydrogens is 432 g/mol. The van der Waals surface area contributed by atoms with Crippen molar-refractivity contribution in [2.24, 2.45) is 0 Å². The maximum absolute atomic E-state index is 13.1. The molecule has 1 aliphatic rings. The summed E-state index contributed by atoms with van der Waals surface area (Å²) in [5, 5.41) is 14.5. The summed E-state index contributed by atoms with van der Waals surface area (Å²) < 4.78 is 1.90. The largest absolute Gasteiger partial charge is 0.399 e. The fourth-order valence-corrected chi connectivity index (χ4v) is 4.69. The number of fused-ring (bicyclic) bond motifs is 2. The number of rotatable bonds is 6. The fraction of sp³-hybridized carbons (Fsp3) is 0.200. The second kappa shape index (κ2) is 8.05. The van der Waals surface area contributed by atoms with E-state index in [4.69, 9.17) is 11.5 Å². The average Bonchev–Trinajstić information content (AvgIpc) is 3.40. The van der Waals surface area contributed by atoms with E-state index < -0.39 is 17.9 Å². The summed E-state index contributed by atoms with van der Waals surface area (Å²) in [4.78, 5) is 31.1. The van der Waals surface area contributed by atoms with Gasteiger partial charge in [0.1, 0.15) is 0 Å². The van der Waals surface area contributed by atoms with Crippen LogP contribution in [0.5, 0.6) is 0 Å². The number of carbonyl (C=O) groups excluding carboxylic acids is 2. The third-order valence-corrected chi connectivity index (χ3v) is 6.06. The lowest BCUT2D eigenvalue weighted by Crippen LogP contribution is -2.29. The Morgan fingerprint density at radius 2 is 1.62 bits per heavy atom. The van der Waals surface area contributed by atoms with Gasteiger partial charge in [0.15, 0.2) is 0 Å². The Labute approximate surface area is 195 Å². The maximum atomic E-state index is 13.1. The number of H-pyrrole nitrogens is 1. The van der Waals surface area contributed by atoms with Gasteiger partial charge in [0.05, 0.1) is 17.3 Å². The molecule has 2 aromatic carbocycles. The SMILES string of the molecule is CN(C)CC(O)Cn1cc(C2=C(c3c[nH]c4ccc(N)cc34)C(=O)NC2=O)c2cc(N)ccc21. The van der Waals surface area contributed by atoms with E-state index in [2.05, 4.69) is 10.3 Å². The molecule has 1 atom stereocenters. The van der Waals surface area contributed by atoms with Crippen LogP contribution in [0.3, 0.4) is 0 Å². The van der Waals surface area contributed by atoms with Crippen molar-refractivity contribution < 1.29 is 14.7 Å². The Hall–Kier alpha value is -4.08. The highest BCUT2D eigenvalue weighted by Gasteiger charge is 2.35. The highest BCUT2D eigenvalue weighted by atomic mass is 16.3. The van der Waals surface area contributed by atoms with Gasteiger partial charge in [-0.1, -0.05) is 0 Å². The number of imide groups is 1. The second-order valence-corrected chi connectivity index (χ2v) is 8.93. The standard InChI is InChI=1S/C25H26N6O3/c1-30(2)10-15(32)11-31-12-19(17-8-14(27)4-6-21(17)31)23-22(24(33)29-25(23)34)18-9-28-20-5-3-13(26)7-16(18)20/h3-9,12,15,28,32H,10-11,26-27H2,1-2H3,(H,29,33,34). The number of amides is 2. The predicted octanol–water partition coefficient (Wildman–Crippen LogP) is 1.78. The van der Waals surface area contributed by atoms with Gasteiger partial charge in [0.2, 0.25) is 0 Å². The van der Waals surface area contributed by atoms with E-state index in [-0.39, 0.29) is 11.1 Å². The molecule has 2 aromatic heterocycles. The van der Waals surface area contributed by atoms with Gasteiger partial charge in [-0.2, -0.15) is 0 Å². The van der Waals surface area contributed by atoms with Gasteiger partial charge in [0, 0.05) is 69.8 Å². The van der Waals surface area contributed by atoms with E-state index in [0.29, 0.717) is 35.6 Å². The number of aromatic nitrogens is 2. The van der Waals surface area contributed by atoms with Crippen molar-refractivity contribution >= 4 is 56.1 Å². The van der Waals surface area contributed by atoms with Crippen LogP contribution in [-0.4, -0.2) is 58.1 Å². The zero-order valence-corrected chi connectivity index (χ0v) is 18.9. The summed E-state index contributed by atoms with van der Waals surface area (Å²) in [5.41, 5.74) is 16.5. The number of aliphatic hydroxyl groups is 1. The molecule has 2 amide bonds. The summed E-state index contributed by atoms with van der Waals surface area (Å²) in [7, 11) is 3.78. The number of hydrogen-bond acceptors (Lipinski definition) is 6. The molecule has 0 bridgehead atoms. The molecule has 3 heterocycles. The minimum Gasteiger partial charge on any atom is -0.399 e. The first-order valence-corrected chi connectivity index (χ1v) is 10.9. The normalized spacial score (nSPS) is 15.2. The molecule has 1 aliphatic heterocycles. The average molecular weight is 459 g/mol. The van der Waals surface area contributed by atoms with Crippen LogP contribution < -0.4 is 16.8 Å². The number of aromatic amines is 1. The molecule has 0 saturated carbocycles. The number of likely N-dealkylation sites (N-methyl/N-ethyl adjacent to an activating group) is 1. The molecule has 0 spiro atoms. The maximum Gasteiger partial charge on any atom is 0.259 e. The number of aliphatic hydroxyl groups excluding tert-OH is 1. The number of nitrogen functional groups attached to an aromatic ring is 2. The Bertz CT molecular complexity index is 1490. The van der Waals surface area contributed by atoms with Crippen LogP contribution in [-0.2, 0) is 16.1 Å². The van der Waals surface area contributed by atoms with E-state index in [1.165, 1.54) is 0 Å². The van der Waals surface area contributed by atoms with E-state index in [1.54, 1.807) is 36.7 Å². The molecule has 9 nitrogen and oxygen atoms in total. The highest BCUT2D eigenvalue weighted by molar-refractivity contribution is 6.50. The Morgan fingerprint density at radius 3 is 2.32 bits per heavy atom. The zero-order valence-electron chi connectivity index (χ0n) is 18.9. The fourth-order valence-electron chi connectivity index (χ4n) is 4.69. The van der Waals surface area contributed by atoms with Gasteiger partial charge in [0.25, 0.3) is 11.8 Å². The van der Waals surface area contributed by atoms with Crippen LogP contribution in [0.4, 0.5) is 11.4 Å². The molecule has 4 aromatic rings. The summed E-state index contributed by atoms with van der Waals surface area (Å²) in [5.74, 6) is -0.950. The van der Waals surface area contributed by atoms with Crippen LogP contribution in [0.1, 0.15) is 11.1 Å². The smallest absolute Gasteiger partial charge is 0.259 e. The predicted molar refractivity (Wildman–Crippen MR) is 134 cm³/mol. The first-order valence-electron chi connectivity index (χ1n) is 10.9. The lowest BCUT2D eigenvalue weighted by Gasteiger charge is -2.17. The van der Waals surface area contributed by atoms with Crippen molar-refractivity contribution in [3.63, 3.8) is 0 Å². The molecular formula is C25H26N6O3. The van der Waals surface area contributed by atoms with E-state index in [0.717, 1.165) is 21.8 Å². The van der Waals surface area contributed by atoms with Crippen molar-refractivity contribution in [3.05, 3.63) is 59.9 Å². The molecule has 34 heavy (non-hydrogen) atoms. The van der Waals surface area contributed by atoms with Crippen molar-refractivity contribution in [2.75, 3.05) is 32.1 Å². The zero-order chi connectivity index (χ0) is 24.1. The Balaban J connectivity index is 1.74. The molecule has 0 aliphatic carbocycles. The highest BCUT2D eigenvalue weighted by Crippen LogP contribution is 2.39. The quantitative estimate of drug-likeness (QED) is 0.220. The topological polar surface area (TPSA) is 142 Å². The van der Waals surface area contributed by atoms with E-state index >= 15 is 0 Å². The first kappa shape index (κ1) is 21.7. The van der Waals surface area contributed by atoms with E-state index in [9.17, 15) is 14.7 Å². The summed E-state index contributed by atoms with van der Waals surface area (Å²) in [6.45, 7) is 0.800. The monoisotopic (exact) mass is 458 g/mol. The lowest BCUT2D eigenvalue weighted by atomic mass is 9.95. The molecule has 9 heteroatoms. The molecule has 1 unspecified atom stereocenters. The minimum absolute atomic E-state index is 0.268. The van der Waals surface area contributed by atoms with Crippen molar-refractivity contribution in [1.29, 1.82) is 0 Å². The number of nitrogens with one attached hydrogen (secondary N) is 2. The van der Waals surface area contributed by atoms with Crippen LogP contribution in [0.2, 0.25) is 0 Å². The van der Waals surface area contributed by atoms with Gasteiger partial charge >= 0.3 is 0 Å². The van der Waals surface area contributed by atoms with E-state index in [1.807, 2.05) is 35.7 Å². The van der Waals surface area contributed by atoms with Gasteiger partial charge in [-0.25, -0.2) is 0 Å². The van der Waals surface area contributed by atoms with Crippen LogP contribution in [0.25, 0.3) is 33.0 Å². The van der Waals surface area contributed by atoms with Gasteiger partial charge in [-0.3, -0.25) is 14.9 Å². The third kappa shape index (κ3) is 3.60. The number of nitrogens with two attached hydrogens (primary N) is 2. The van der Waals surface area contributed by atoms with Crippen molar-refractivity contribution in [3.8, 4) is 0 Å². The Kier molecular flexibility index (Phi) is 5.15. The molecule has 5 rings (SSSR count). The summed E-state index contributed by atoms with van der Waals surface area (Å²) >= 11 is 0. The summed E-state index contributed by atoms with van der Waals surface area (Å²) in [6.07, 6.45) is 2.89. The molecule has 0 radical (unpaired) electrons. The number of carbonyl (C=O) groups is 2. The minimum atomic E-state index is -0.625. The Morgan fingerprint density at radius 1 is 0.971 bits per heavy atom. The van der Waals surface area contributed by atoms with Crippen molar-refractivity contribution in [2.45, 2.75) is 12.6 Å². The lowest BCUT2D eigenvalue weighted by molar-refractivity contribution is -0.122.